The van der Waals surface area contributed by atoms with E-state index in [1.165, 1.54) is 11.8 Å². The Bertz CT molecular complexity index is 640. The molecule has 0 bridgehead atoms. The third-order valence-electron chi connectivity index (χ3n) is 3.19. The molecule has 5 nitrogen and oxygen atoms in total. The van der Waals surface area contributed by atoms with Gasteiger partial charge in [-0.05, 0) is 24.6 Å². The third kappa shape index (κ3) is 3.91. The molecule has 1 aromatic carbocycles. The van der Waals surface area contributed by atoms with Gasteiger partial charge < -0.3 is 10.2 Å². The number of nitrogens with one attached hydrogen (secondary N) is 1. The average molecular weight is 327 g/mol. The number of fused-ring (bicyclic) bond motifs is 1. The van der Waals surface area contributed by atoms with Crippen LogP contribution in [0.5, 0.6) is 0 Å². The molecule has 1 aliphatic heterocycles. The van der Waals surface area contributed by atoms with Gasteiger partial charge in [0.25, 0.3) is 10.0 Å². The van der Waals surface area contributed by atoms with Crippen LogP contribution >= 0.6 is 11.8 Å². The molecule has 7 heteroatoms. The van der Waals surface area contributed by atoms with E-state index in [2.05, 4.69) is 16.6 Å². The van der Waals surface area contributed by atoms with E-state index in [-0.39, 0.29) is 4.90 Å². The number of nitrogens with zero attached hydrogens (tertiary/aromatic N) is 2. The van der Waals surface area contributed by atoms with Crippen LogP contribution < -0.4 is 10.2 Å². The molecule has 0 aromatic heterocycles. The lowest BCUT2D eigenvalue weighted by Crippen LogP contribution is -2.20. The van der Waals surface area contributed by atoms with Crippen LogP contribution in [-0.2, 0) is 10.0 Å². The van der Waals surface area contributed by atoms with Crippen LogP contribution in [-0.4, -0.2) is 33.4 Å². The summed E-state index contributed by atoms with van der Waals surface area (Å²) in [5.41, 5.74) is 1.45. The Morgan fingerprint density at radius 3 is 2.71 bits per heavy atom. The number of hydrogen-bond donors (Lipinski definition) is 1. The van der Waals surface area contributed by atoms with E-state index in [0.29, 0.717) is 10.9 Å². The topological polar surface area (TPSA) is 61.8 Å². The number of amidine groups is 1. The molecule has 0 radical (unpaired) electrons. The molecule has 0 amide bonds. The highest BCUT2D eigenvalue weighted by molar-refractivity contribution is 8.14. The van der Waals surface area contributed by atoms with Gasteiger partial charge in [0.05, 0.1) is 5.69 Å². The minimum Gasteiger partial charge on any atom is -0.378 e. The van der Waals surface area contributed by atoms with Gasteiger partial charge in [0.1, 0.15) is 4.90 Å². The standard InChI is InChI=1S/C14H21N3O2S2/c1-4-5-6-9-20-14-15-12-8-7-11(17(2)3)10-13(12)21(18,19)16-14/h7-8,10H,4-6,9H2,1-3H3,(H,15,16). The molecule has 1 aliphatic rings. The fourth-order valence-corrected chi connectivity index (χ4v) is 4.24. The lowest BCUT2D eigenvalue weighted by atomic mass is 10.2. The van der Waals surface area contributed by atoms with Crippen LogP contribution in [0.4, 0.5) is 11.4 Å². The highest BCUT2D eigenvalue weighted by Crippen LogP contribution is 2.32. The van der Waals surface area contributed by atoms with Crippen LogP contribution in [0, 0.1) is 0 Å². The molecule has 2 rings (SSSR count). The minimum atomic E-state index is -3.61. The average Bonchev–Trinajstić information content (AvgIpc) is 2.42. The van der Waals surface area contributed by atoms with Crippen molar-refractivity contribution < 1.29 is 8.42 Å². The molecule has 1 heterocycles. The van der Waals surface area contributed by atoms with Crippen molar-refractivity contribution in [2.45, 2.75) is 31.1 Å². The summed E-state index contributed by atoms with van der Waals surface area (Å²) in [4.78, 5) is 2.11. The monoisotopic (exact) mass is 327 g/mol. The fourth-order valence-electron chi connectivity index (χ4n) is 1.99. The molecule has 0 aliphatic carbocycles. The fraction of sp³-hybridized carbons (Fsp3) is 0.500. The third-order valence-corrected chi connectivity index (χ3v) is 5.58. The summed E-state index contributed by atoms with van der Waals surface area (Å²) in [6.45, 7) is 2.14. The predicted octanol–water partition coefficient (Wildman–Crippen LogP) is 3.15. The summed E-state index contributed by atoms with van der Waals surface area (Å²) in [7, 11) is 0.144. The lowest BCUT2D eigenvalue weighted by Gasteiger charge is -2.20. The van der Waals surface area contributed by atoms with Gasteiger partial charge >= 0.3 is 0 Å². The first-order chi connectivity index (χ1) is 9.94. The van der Waals surface area contributed by atoms with Gasteiger partial charge in [-0.2, -0.15) is 8.42 Å². The van der Waals surface area contributed by atoms with Crippen molar-refractivity contribution in [3.05, 3.63) is 18.2 Å². The van der Waals surface area contributed by atoms with Gasteiger partial charge in [0, 0.05) is 25.5 Å². The number of hydrogen-bond acceptors (Lipinski definition) is 5. The first kappa shape index (κ1) is 16.2. The molecule has 0 saturated carbocycles. The molecule has 0 fully saturated rings. The van der Waals surface area contributed by atoms with Gasteiger partial charge in [-0.3, -0.25) is 0 Å². The van der Waals surface area contributed by atoms with Crippen molar-refractivity contribution in [3.8, 4) is 0 Å². The summed E-state index contributed by atoms with van der Waals surface area (Å²) in [5.74, 6) is 0.875. The van der Waals surface area contributed by atoms with Gasteiger partial charge in [-0.25, -0.2) is 0 Å². The van der Waals surface area contributed by atoms with Crippen molar-refractivity contribution >= 4 is 38.3 Å². The highest BCUT2D eigenvalue weighted by atomic mass is 32.2. The SMILES string of the molecule is CCCCCSC1=NS(=O)(=O)c2cc(N(C)C)ccc2N1. The van der Waals surface area contributed by atoms with Crippen molar-refractivity contribution in [1.82, 2.24) is 0 Å². The maximum atomic E-state index is 12.3. The maximum absolute atomic E-state index is 12.3. The zero-order valence-electron chi connectivity index (χ0n) is 12.6. The van der Waals surface area contributed by atoms with Gasteiger partial charge in [-0.1, -0.05) is 31.5 Å². The second kappa shape index (κ2) is 6.70. The van der Waals surface area contributed by atoms with Crippen molar-refractivity contribution in [3.63, 3.8) is 0 Å². The first-order valence-corrected chi connectivity index (χ1v) is 9.43. The predicted molar refractivity (Wildman–Crippen MR) is 91.0 cm³/mol. The summed E-state index contributed by atoms with van der Waals surface area (Å²) in [5, 5.41) is 3.58. The summed E-state index contributed by atoms with van der Waals surface area (Å²) in [6, 6.07) is 5.34. The van der Waals surface area contributed by atoms with E-state index in [1.54, 1.807) is 12.1 Å². The van der Waals surface area contributed by atoms with Gasteiger partial charge in [0.2, 0.25) is 0 Å². The van der Waals surface area contributed by atoms with Crippen LogP contribution in [0.25, 0.3) is 0 Å². The van der Waals surface area contributed by atoms with E-state index >= 15 is 0 Å². The molecule has 0 spiro atoms. The van der Waals surface area contributed by atoms with Crippen LogP contribution in [0.15, 0.2) is 27.5 Å². The zero-order valence-corrected chi connectivity index (χ0v) is 14.2. The van der Waals surface area contributed by atoms with Gasteiger partial charge in [0.15, 0.2) is 5.17 Å². The van der Waals surface area contributed by atoms with Crippen LogP contribution in [0.3, 0.4) is 0 Å². The zero-order chi connectivity index (χ0) is 15.5. The number of rotatable bonds is 5. The van der Waals surface area contributed by atoms with Crippen molar-refractivity contribution in [2.24, 2.45) is 4.40 Å². The van der Waals surface area contributed by atoms with Crippen LogP contribution in [0.2, 0.25) is 0 Å². The quantitative estimate of drug-likeness (QED) is 0.842. The Labute approximate surface area is 130 Å². The number of sulfonamides is 1. The molecular weight excluding hydrogens is 306 g/mol. The second-order valence-corrected chi connectivity index (χ2v) is 7.78. The molecular formula is C14H21N3O2S2. The Morgan fingerprint density at radius 1 is 1.29 bits per heavy atom. The first-order valence-electron chi connectivity index (χ1n) is 7.00. The number of unbranched alkanes of at least 4 members (excludes halogenated alkanes) is 2. The van der Waals surface area contributed by atoms with E-state index in [0.717, 1.165) is 30.7 Å². The molecule has 0 saturated heterocycles. The number of benzene rings is 1. The molecule has 0 unspecified atom stereocenters. The summed E-state index contributed by atoms with van der Waals surface area (Å²) in [6.07, 6.45) is 3.36. The lowest BCUT2D eigenvalue weighted by molar-refractivity contribution is 0.598. The summed E-state index contributed by atoms with van der Waals surface area (Å²) < 4.78 is 28.5. The van der Waals surface area contributed by atoms with E-state index in [1.807, 2.05) is 25.1 Å². The van der Waals surface area contributed by atoms with E-state index in [9.17, 15) is 8.42 Å². The molecule has 21 heavy (non-hydrogen) atoms. The Morgan fingerprint density at radius 2 is 2.05 bits per heavy atom. The summed E-state index contributed by atoms with van der Waals surface area (Å²) >= 11 is 1.46. The molecule has 1 aromatic rings. The second-order valence-electron chi connectivity index (χ2n) is 5.13. The van der Waals surface area contributed by atoms with E-state index in [4.69, 9.17) is 0 Å². The molecule has 116 valence electrons. The molecule has 1 N–H and O–H groups in total. The highest BCUT2D eigenvalue weighted by Gasteiger charge is 2.25. The Kier molecular flexibility index (Phi) is 5.16. The van der Waals surface area contributed by atoms with Gasteiger partial charge in [-0.15, -0.1) is 4.40 Å². The number of thioether (sulfide) groups is 1. The minimum absolute atomic E-state index is 0.242. The Hall–Kier alpha value is -1.21. The maximum Gasteiger partial charge on any atom is 0.286 e. The normalized spacial score (nSPS) is 15.9. The molecule has 0 atom stereocenters. The largest absolute Gasteiger partial charge is 0.378 e. The smallest absolute Gasteiger partial charge is 0.286 e. The van der Waals surface area contributed by atoms with Crippen molar-refractivity contribution in [2.75, 3.05) is 30.1 Å². The Balaban J connectivity index is 2.20. The van der Waals surface area contributed by atoms with Crippen LogP contribution in [0.1, 0.15) is 26.2 Å². The van der Waals surface area contributed by atoms with E-state index < -0.39 is 10.0 Å². The number of anilines is 2. The van der Waals surface area contributed by atoms with Crippen molar-refractivity contribution in [1.29, 1.82) is 0 Å².